The number of piperazine rings is 1. The first-order valence-corrected chi connectivity index (χ1v) is 9.32. The Morgan fingerprint density at radius 3 is 2.86 bits per heavy atom. The van der Waals surface area contributed by atoms with Crippen LogP contribution < -0.4 is 16.4 Å². The first kappa shape index (κ1) is 19.8. The second-order valence-electron chi connectivity index (χ2n) is 6.99. The Morgan fingerprint density at radius 1 is 1.34 bits per heavy atom. The van der Waals surface area contributed by atoms with E-state index in [0.29, 0.717) is 13.1 Å². The lowest BCUT2D eigenvalue weighted by Crippen LogP contribution is -2.50. The van der Waals surface area contributed by atoms with Crippen molar-refractivity contribution in [1.82, 2.24) is 35.1 Å². The van der Waals surface area contributed by atoms with Gasteiger partial charge >= 0.3 is 0 Å². The van der Waals surface area contributed by atoms with Gasteiger partial charge in [0.25, 0.3) is 6.08 Å². The number of fused-ring (bicyclic) bond motifs is 1. The molecule has 0 spiro atoms. The van der Waals surface area contributed by atoms with Gasteiger partial charge in [0, 0.05) is 32.7 Å². The van der Waals surface area contributed by atoms with E-state index in [0.717, 1.165) is 24.0 Å². The molecular formula is C16H23FN8O4. The van der Waals surface area contributed by atoms with E-state index in [1.807, 2.05) is 0 Å². The van der Waals surface area contributed by atoms with Crippen LogP contribution in [0.5, 0.6) is 0 Å². The Hall–Kier alpha value is -2.45. The van der Waals surface area contributed by atoms with Gasteiger partial charge in [0.15, 0.2) is 23.2 Å². The molecule has 2 fully saturated rings. The van der Waals surface area contributed by atoms with Crippen LogP contribution in [-0.4, -0.2) is 98.1 Å². The molecule has 6 N–H and O–H groups in total. The van der Waals surface area contributed by atoms with Crippen LogP contribution in [0.4, 0.5) is 10.2 Å². The molecule has 2 aliphatic rings. The van der Waals surface area contributed by atoms with Crippen molar-refractivity contribution in [2.45, 2.75) is 24.5 Å². The summed E-state index contributed by atoms with van der Waals surface area (Å²) in [7, 11) is 0. The van der Waals surface area contributed by atoms with E-state index in [9.17, 15) is 19.4 Å². The fraction of sp³-hybridized carbons (Fsp3) is 0.625. The Labute approximate surface area is 164 Å². The minimum atomic E-state index is -1.42. The number of carbonyl (C=O) groups is 1. The van der Waals surface area contributed by atoms with Gasteiger partial charge in [0.05, 0.1) is 6.54 Å². The predicted molar refractivity (Wildman–Crippen MR) is 97.9 cm³/mol. The number of aromatic nitrogens is 4. The highest BCUT2D eigenvalue weighted by Gasteiger charge is 2.45. The standard InChI is InChI=1S/C16H23FN8O4/c17-16-23-10-13(18)21-7-22-14(10)25(16)15-12(28)11(27)8(29-15)5-20-6-9(26)24-3-1-19-2-4-24/h7-8,11-12,15,19-20,27-28H,1-6H2,(H2,18,21,22)/t8-,11-,12-,15-/m1/s1. The van der Waals surface area contributed by atoms with Crippen LogP contribution in [-0.2, 0) is 9.53 Å². The summed E-state index contributed by atoms with van der Waals surface area (Å²) in [4.78, 5) is 25.3. The normalized spacial score (nSPS) is 27.6. The van der Waals surface area contributed by atoms with Gasteiger partial charge in [-0.2, -0.15) is 9.37 Å². The molecule has 0 bridgehead atoms. The molecule has 158 valence electrons. The molecule has 0 aliphatic carbocycles. The summed E-state index contributed by atoms with van der Waals surface area (Å²) >= 11 is 0. The summed E-state index contributed by atoms with van der Waals surface area (Å²) in [6.07, 6.45) is -4.65. The van der Waals surface area contributed by atoms with E-state index in [4.69, 9.17) is 10.5 Å². The Bertz CT molecular complexity index is 889. The smallest absolute Gasteiger partial charge is 0.293 e. The molecule has 4 atom stereocenters. The number of imidazole rings is 1. The largest absolute Gasteiger partial charge is 0.387 e. The van der Waals surface area contributed by atoms with Crippen molar-refractivity contribution >= 4 is 22.9 Å². The fourth-order valence-corrected chi connectivity index (χ4v) is 3.58. The van der Waals surface area contributed by atoms with E-state index >= 15 is 0 Å². The first-order chi connectivity index (χ1) is 14.0. The Kier molecular flexibility index (Phi) is 5.56. The lowest BCUT2D eigenvalue weighted by atomic mass is 10.1. The predicted octanol–water partition coefficient (Wildman–Crippen LogP) is -2.81. The highest BCUT2D eigenvalue weighted by molar-refractivity contribution is 5.81. The first-order valence-electron chi connectivity index (χ1n) is 9.32. The van der Waals surface area contributed by atoms with E-state index in [1.165, 1.54) is 0 Å². The summed E-state index contributed by atoms with van der Waals surface area (Å²) in [5, 5.41) is 26.8. The van der Waals surface area contributed by atoms with Gasteiger partial charge in [-0.15, -0.1) is 0 Å². The average molecular weight is 410 g/mol. The highest BCUT2D eigenvalue weighted by atomic mass is 19.1. The number of nitrogen functional groups attached to an aromatic ring is 1. The van der Waals surface area contributed by atoms with Crippen molar-refractivity contribution in [3.63, 3.8) is 0 Å². The number of anilines is 1. The number of aliphatic hydroxyl groups is 2. The van der Waals surface area contributed by atoms with Crippen molar-refractivity contribution in [2.24, 2.45) is 0 Å². The van der Waals surface area contributed by atoms with E-state index in [1.54, 1.807) is 4.90 Å². The zero-order valence-electron chi connectivity index (χ0n) is 15.5. The third kappa shape index (κ3) is 3.74. The van der Waals surface area contributed by atoms with Gasteiger partial charge in [-0.3, -0.25) is 9.36 Å². The molecule has 29 heavy (non-hydrogen) atoms. The van der Waals surface area contributed by atoms with Crippen LogP contribution in [0.3, 0.4) is 0 Å². The molecule has 1 amide bonds. The molecule has 12 nitrogen and oxygen atoms in total. The van der Waals surface area contributed by atoms with Gasteiger partial charge in [-0.05, 0) is 0 Å². The third-order valence-electron chi connectivity index (χ3n) is 5.15. The summed E-state index contributed by atoms with van der Waals surface area (Å²) in [6.45, 7) is 2.95. The number of nitrogens with one attached hydrogen (secondary N) is 2. The molecule has 4 rings (SSSR count). The van der Waals surface area contributed by atoms with Crippen LogP contribution in [0.2, 0.25) is 0 Å². The summed E-state index contributed by atoms with van der Waals surface area (Å²) in [5.74, 6) is -0.0692. The average Bonchev–Trinajstić information content (AvgIpc) is 3.20. The lowest BCUT2D eigenvalue weighted by Gasteiger charge is -2.27. The van der Waals surface area contributed by atoms with Crippen LogP contribution in [0.25, 0.3) is 11.2 Å². The number of halogens is 1. The number of ether oxygens (including phenoxy) is 1. The van der Waals surface area contributed by atoms with Gasteiger partial charge in [0.2, 0.25) is 5.91 Å². The van der Waals surface area contributed by atoms with E-state index in [-0.39, 0.29) is 36.0 Å². The zero-order chi connectivity index (χ0) is 20.5. The number of hydrogen-bond acceptors (Lipinski definition) is 10. The van der Waals surface area contributed by atoms with Crippen molar-refractivity contribution in [1.29, 1.82) is 0 Å². The highest BCUT2D eigenvalue weighted by Crippen LogP contribution is 2.32. The maximum atomic E-state index is 14.4. The van der Waals surface area contributed by atoms with Crippen LogP contribution in [0.15, 0.2) is 6.33 Å². The summed E-state index contributed by atoms with van der Waals surface area (Å²) in [5.41, 5.74) is 5.78. The maximum Gasteiger partial charge on any atom is 0.293 e. The van der Waals surface area contributed by atoms with E-state index in [2.05, 4.69) is 25.6 Å². The quantitative estimate of drug-likeness (QED) is 0.325. The topological polar surface area (TPSA) is 164 Å². The maximum absolute atomic E-state index is 14.4. The molecule has 0 radical (unpaired) electrons. The molecule has 4 heterocycles. The van der Waals surface area contributed by atoms with E-state index < -0.39 is 30.6 Å². The molecule has 0 saturated carbocycles. The SMILES string of the molecule is Nc1ncnc2c1nc(F)n2[C@@H]1O[C@H](CNCC(=O)N2CCNCC2)[C@@H](O)[C@H]1O. The van der Waals surface area contributed by atoms with Crippen LogP contribution in [0.1, 0.15) is 6.23 Å². The number of rotatable bonds is 5. The Balaban J connectivity index is 1.41. The van der Waals surface area contributed by atoms with Crippen LogP contribution in [0, 0.1) is 6.08 Å². The number of carbonyl (C=O) groups excluding carboxylic acids is 1. The minimum Gasteiger partial charge on any atom is -0.387 e. The summed E-state index contributed by atoms with van der Waals surface area (Å²) < 4.78 is 21.0. The third-order valence-corrected chi connectivity index (χ3v) is 5.15. The second kappa shape index (κ2) is 8.12. The lowest BCUT2D eigenvalue weighted by molar-refractivity contribution is -0.130. The number of aliphatic hydroxyl groups excluding tert-OH is 2. The number of hydrogen-bond donors (Lipinski definition) is 5. The van der Waals surface area contributed by atoms with Gasteiger partial charge in [0.1, 0.15) is 24.6 Å². The molecule has 2 aliphatic heterocycles. The Morgan fingerprint density at radius 2 is 2.10 bits per heavy atom. The van der Waals surface area contributed by atoms with Gasteiger partial charge in [-0.1, -0.05) is 0 Å². The van der Waals surface area contributed by atoms with Crippen molar-refractivity contribution in [3.8, 4) is 0 Å². The monoisotopic (exact) mass is 410 g/mol. The molecule has 0 unspecified atom stereocenters. The second-order valence-corrected chi connectivity index (χ2v) is 6.99. The number of amides is 1. The van der Waals surface area contributed by atoms with Gasteiger partial charge in [-0.25, -0.2) is 9.97 Å². The minimum absolute atomic E-state index is 0.00896. The molecule has 2 saturated heterocycles. The summed E-state index contributed by atoms with van der Waals surface area (Å²) in [6, 6.07) is 0. The molecule has 0 aromatic carbocycles. The van der Waals surface area contributed by atoms with Crippen molar-refractivity contribution < 1.29 is 24.1 Å². The molecular weight excluding hydrogens is 387 g/mol. The van der Waals surface area contributed by atoms with Crippen molar-refractivity contribution in [3.05, 3.63) is 12.4 Å². The molecule has 13 heteroatoms. The zero-order valence-corrected chi connectivity index (χ0v) is 15.5. The van der Waals surface area contributed by atoms with Crippen molar-refractivity contribution in [2.75, 3.05) is 45.0 Å². The fourth-order valence-electron chi connectivity index (χ4n) is 3.58. The number of nitrogens with zero attached hydrogens (tertiary/aromatic N) is 5. The van der Waals surface area contributed by atoms with Crippen LogP contribution >= 0.6 is 0 Å². The molecule has 2 aromatic rings. The van der Waals surface area contributed by atoms with Gasteiger partial charge < -0.3 is 36.2 Å². The number of nitrogens with two attached hydrogens (primary N) is 1. The molecule has 2 aromatic heterocycles.